The van der Waals surface area contributed by atoms with Gasteiger partial charge in [-0.1, -0.05) is 18.0 Å². The molecule has 1 aromatic heterocycles. The van der Waals surface area contributed by atoms with E-state index in [0.717, 1.165) is 42.5 Å². The van der Waals surface area contributed by atoms with Crippen LogP contribution in [0, 0.1) is 5.82 Å². The molecule has 0 bridgehead atoms. The molecule has 20 heavy (non-hydrogen) atoms. The normalized spacial score (nSPS) is 14.8. The van der Waals surface area contributed by atoms with Crippen molar-refractivity contribution in [2.75, 3.05) is 0 Å². The summed E-state index contributed by atoms with van der Waals surface area (Å²) in [6.07, 6.45) is 5.35. The first-order valence-corrected chi connectivity index (χ1v) is 7.83. The van der Waals surface area contributed by atoms with Crippen LogP contribution in [0.2, 0.25) is 5.15 Å². The maximum absolute atomic E-state index is 13.3. The van der Waals surface area contributed by atoms with Crippen LogP contribution in [0.15, 0.2) is 22.7 Å². The lowest BCUT2D eigenvalue weighted by atomic mass is 10.1. The van der Waals surface area contributed by atoms with Crippen molar-refractivity contribution in [2.45, 2.75) is 32.1 Å². The third-order valence-electron chi connectivity index (χ3n) is 3.56. The summed E-state index contributed by atoms with van der Waals surface area (Å²) in [5.41, 5.74) is 2.89. The van der Waals surface area contributed by atoms with Gasteiger partial charge in [0.05, 0.1) is 4.47 Å². The number of rotatable bonds is 1. The standard InChI is InChI=1S/C15H13BrClFN2/c16-11-8-9(6-7-12(11)18)15-19-13-5-3-1-2-4-10(13)14(17)20-15/h6-8H,1-5H2. The molecule has 0 spiro atoms. The molecule has 1 aliphatic rings. The fourth-order valence-electron chi connectivity index (χ4n) is 2.49. The highest BCUT2D eigenvalue weighted by molar-refractivity contribution is 9.10. The molecule has 1 aliphatic carbocycles. The van der Waals surface area contributed by atoms with Gasteiger partial charge in [-0.05, 0) is 59.8 Å². The predicted molar refractivity (Wildman–Crippen MR) is 81.4 cm³/mol. The van der Waals surface area contributed by atoms with Gasteiger partial charge in [-0.15, -0.1) is 0 Å². The van der Waals surface area contributed by atoms with Crippen LogP contribution in [-0.2, 0) is 12.8 Å². The van der Waals surface area contributed by atoms with Crippen molar-refractivity contribution in [2.24, 2.45) is 0 Å². The third-order valence-corrected chi connectivity index (χ3v) is 4.48. The Hall–Kier alpha value is -1.00. The number of nitrogens with zero attached hydrogens (tertiary/aromatic N) is 2. The molecule has 0 saturated heterocycles. The molecule has 104 valence electrons. The molecular weight excluding hydrogens is 343 g/mol. The SMILES string of the molecule is Fc1ccc(-c2nc(Cl)c3c(n2)CCCCC3)cc1Br. The van der Waals surface area contributed by atoms with Gasteiger partial charge in [-0.2, -0.15) is 0 Å². The minimum atomic E-state index is -0.297. The Morgan fingerprint density at radius 2 is 1.90 bits per heavy atom. The molecule has 0 saturated carbocycles. The Bertz CT molecular complexity index is 661. The molecule has 0 amide bonds. The summed E-state index contributed by atoms with van der Waals surface area (Å²) >= 11 is 9.49. The van der Waals surface area contributed by atoms with E-state index in [-0.39, 0.29) is 5.82 Å². The van der Waals surface area contributed by atoms with E-state index in [4.69, 9.17) is 11.6 Å². The van der Waals surface area contributed by atoms with E-state index in [0.29, 0.717) is 15.5 Å². The second kappa shape index (κ2) is 5.78. The van der Waals surface area contributed by atoms with E-state index in [1.165, 1.54) is 12.5 Å². The Balaban J connectivity index is 2.08. The molecule has 0 atom stereocenters. The van der Waals surface area contributed by atoms with Crippen LogP contribution in [-0.4, -0.2) is 9.97 Å². The minimum absolute atomic E-state index is 0.297. The quantitative estimate of drug-likeness (QED) is 0.533. The first-order chi connectivity index (χ1) is 9.65. The Kier molecular flexibility index (Phi) is 4.03. The van der Waals surface area contributed by atoms with Gasteiger partial charge in [-0.3, -0.25) is 0 Å². The zero-order chi connectivity index (χ0) is 14.1. The third kappa shape index (κ3) is 2.72. The Morgan fingerprint density at radius 1 is 1.10 bits per heavy atom. The summed E-state index contributed by atoms with van der Waals surface area (Å²) in [4.78, 5) is 9.02. The van der Waals surface area contributed by atoms with Crippen molar-refractivity contribution in [3.63, 3.8) is 0 Å². The Morgan fingerprint density at radius 3 is 2.70 bits per heavy atom. The van der Waals surface area contributed by atoms with Crippen LogP contribution in [0.5, 0.6) is 0 Å². The number of halogens is 3. The zero-order valence-corrected chi connectivity index (χ0v) is 13.1. The second-order valence-electron chi connectivity index (χ2n) is 4.95. The summed E-state index contributed by atoms with van der Waals surface area (Å²) < 4.78 is 13.7. The van der Waals surface area contributed by atoms with Crippen molar-refractivity contribution in [1.29, 1.82) is 0 Å². The number of aryl methyl sites for hydroxylation is 1. The molecule has 2 nitrogen and oxygen atoms in total. The lowest BCUT2D eigenvalue weighted by Gasteiger charge is -2.10. The first-order valence-electron chi connectivity index (χ1n) is 6.66. The largest absolute Gasteiger partial charge is 0.233 e. The fraction of sp³-hybridized carbons (Fsp3) is 0.333. The number of benzene rings is 1. The zero-order valence-electron chi connectivity index (χ0n) is 10.8. The van der Waals surface area contributed by atoms with Gasteiger partial charge in [0.15, 0.2) is 5.82 Å². The van der Waals surface area contributed by atoms with Crippen LogP contribution in [0.25, 0.3) is 11.4 Å². The van der Waals surface area contributed by atoms with Crippen molar-refractivity contribution in [3.05, 3.63) is 44.9 Å². The Labute approximate surface area is 130 Å². The van der Waals surface area contributed by atoms with Gasteiger partial charge in [-0.25, -0.2) is 14.4 Å². The molecule has 5 heteroatoms. The van der Waals surface area contributed by atoms with Crippen LogP contribution in [0.4, 0.5) is 4.39 Å². The maximum atomic E-state index is 13.3. The molecule has 0 aliphatic heterocycles. The first kappa shape index (κ1) is 14.0. The molecule has 2 aromatic rings. The van der Waals surface area contributed by atoms with Crippen molar-refractivity contribution in [3.8, 4) is 11.4 Å². The summed E-state index contributed by atoms with van der Waals surface area (Å²) in [5, 5.41) is 0.535. The molecule has 0 fully saturated rings. The van der Waals surface area contributed by atoms with Gasteiger partial charge in [0.1, 0.15) is 11.0 Å². The number of fused-ring (bicyclic) bond motifs is 1. The van der Waals surface area contributed by atoms with Crippen LogP contribution in [0.1, 0.15) is 30.5 Å². The summed E-state index contributed by atoms with van der Waals surface area (Å²) in [5.74, 6) is 0.269. The van der Waals surface area contributed by atoms with Gasteiger partial charge in [0.25, 0.3) is 0 Å². The molecule has 0 radical (unpaired) electrons. The van der Waals surface area contributed by atoms with E-state index < -0.39 is 0 Å². The molecule has 1 aromatic carbocycles. The average Bonchev–Trinajstić information content (AvgIpc) is 2.67. The van der Waals surface area contributed by atoms with E-state index in [9.17, 15) is 4.39 Å². The molecule has 0 N–H and O–H groups in total. The van der Waals surface area contributed by atoms with E-state index in [1.807, 2.05) is 0 Å². The highest BCUT2D eigenvalue weighted by Gasteiger charge is 2.16. The maximum Gasteiger partial charge on any atom is 0.161 e. The summed E-state index contributed by atoms with van der Waals surface area (Å²) in [6, 6.07) is 4.77. The fourth-order valence-corrected chi connectivity index (χ4v) is 3.15. The highest BCUT2D eigenvalue weighted by atomic mass is 79.9. The molecule has 1 heterocycles. The smallest absolute Gasteiger partial charge is 0.161 e. The predicted octanol–water partition coefficient (Wildman–Crippen LogP) is 4.97. The second-order valence-corrected chi connectivity index (χ2v) is 6.17. The summed E-state index contributed by atoms with van der Waals surface area (Å²) in [7, 11) is 0. The van der Waals surface area contributed by atoms with Gasteiger partial charge in [0.2, 0.25) is 0 Å². The van der Waals surface area contributed by atoms with E-state index in [1.54, 1.807) is 12.1 Å². The summed E-state index contributed by atoms with van der Waals surface area (Å²) in [6.45, 7) is 0. The van der Waals surface area contributed by atoms with E-state index >= 15 is 0 Å². The van der Waals surface area contributed by atoms with E-state index in [2.05, 4.69) is 25.9 Å². The van der Waals surface area contributed by atoms with Gasteiger partial charge >= 0.3 is 0 Å². The van der Waals surface area contributed by atoms with Gasteiger partial charge < -0.3 is 0 Å². The number of aromatic nitrogens is 2. The van der Waals surface area contributed by atoms with Crippen LogP contribution < -0.4 is 0 Å². The van der Waals surface area contributed by atoms with Crippen LogP contribution in [0.3, 0.4) is 0 Å². The minimum Gasteiger partial charge on any atom is -0.233 e. The molecule has 0 unspecified atom stereocenters. The lowest BCUT2D eigenvalue weighted by molar-refractivity contribution is 0.621. The average molecular weight is 356 g/mol. The van der Waals surface area contributed by atoms with Crippen molar-refractivity contribution < 1.29 is 4.39 Å². The van der Waals surface area contributed by atoms with Crippen molar-refractivity contribution >= 4 is 27.5 Å². The number of hydrogen-bond acceptors (Lipinski definition) is 2. The molecule has 3 rings (SSSR count). The molecular formula is C15H13BrClFN2. The van der Waals surface area contributed by atoms with Crippen LogP contribution >= 0.6 is 27.5 Å². The highest BCUT2D eigenvalue weighted by Crippen LogP contribution is 2.29. The topological polar surface area (TPSA) is 25.8 Å². The monoisotopic (exact) mass is 354 g/mol. The van der Waals surface area contributed by atoms with Gasteiger partial charge in [0, 0.05) is 16.8 Å². The van der Waals surface area contributed by atoms with Crippen molar-refractivity contribution in [1.82, 2.24) is 9.97 Å². The number of hydrogen-bond donors (Lipinski definition) is 0. The lowest BCUT2D eigenvalue weighted by Crippen LogP contribution is -2.02.